The lowest BCUT2D eigenvalue weighted by Gasteiger charge is -2.05. The summed E-state index contributed by atoms with van der Waals surface area (Å²) in [6.45, 7) is 0. The van der Waals surface area contributed by atoms with Crippen molar-refractivity contribution in [3.8, 4) is 0 Å². The summed E-state index contributed by atoms with van der Waals surface area (Å²) in [5.74, 6) is -4.10. The number of carboxylic acid groups (broad SMARTS) is 2. The number of carbonyl (C=O) groups is 3. The first-order chi connectivity index (χ1) is 7.52. The SMILES string of the molecule is O=C(O)C(=O)/C=C/c1ccccc1C(=O)[O-]. The van der Waals surface area contributed by atoms with Gasteiger partial charge in [0.1, 0.15) is 0 Å². The number of carbonyl (C=O) groups excluding carboxylic acids is 2. The van der Waals surface area contributed by atoms with Gasteiger partial charge in [-0.2, -0.15) is 0 Å². The minimum Gasteiger partial charge on any atom is -0.545 e. The van der Waals surface area contributed by atoms with Crippen LogP contribution < -0.4 is 5.11 Å². The van der Waals surface area contributed by atoms with Crippen LogP contribution in [0.2, 0.25) is 0 Å². The minimum absolute atomic E-state index is 0.100. The highest BCUT2D eigenvalue weighted by Gasteiger charge is 2.06. The van der Waals surface area contributed by atoms with Gasteiger partial charge in [-0.3, -0.25) is 4.79 Å². The third-order valence-corrected chi connectivity index (χ3v) is 1.81. The molecule has 0 unspecified atom stereocenters. The van der Waals surface area contributed by atoms with Crippen molar-refractivity contribution in [2.24, 2.45) is 0 Å². The van der Waals surface area contributed by atoms with Crippen molar-refractivity contribution in [2.45, 2.75) is 0 Å². The number of carboxylic acids is 2. The Bertz CT molecular complexity index is 473. The molecule has 1 rings (SSSR count). The monoisotopic (exact) mass is 219 g/mol. The molecule has 0 bridgehead atoms. The highest BCUT2D eigenvalue weighted by molar-refractivity contribution is 6.38. The van der Waals surface area contributed by atoms with Gasteiger partial charge >= 0.3 is 5.97 Å². The van der Waals surface area contributed by atoms with Crippen LogP contribution in [0.1, 0.15) is 15.9 Å². The van der Waals surface area contributed by atoms with E-state index in [4.69, 9.17) is 5.11 Å². The second kappa shape index (κ2) is 4.88. The molecule has 5 heteroatoms. The van der Waals surface area contributed by atoms with Crippen LogP contribution in [0.3, 0.4) is 0 Å². The first-order valence-corrected chi connectivity index (χ1v) is 4.28. The summed E-state index contributed by atoms with van der Waals surface area (Å²) in [5.41, 5.74) is 0.119. The smallest absolute Gasteiger partial charge is 0.376 e. The van der Waals surface area contributed by atoms with E-state index >= 15 is 0 Å². The molecular formula is C11H7O5-. The third kappa shape index (κ3) is 2.78. The van der Waals surface area contributed by atoms with Crippen molar-refractivity contribution in [1.29, 1.82) is 0 Å². The molecule has 5 nitrogen and oxygen atoms in total. The largest absolute Gasteiger partial charge is 0.545 e. The number of benzene rings is 1. The van der Waals surface area contributed by atoms with Crippen LogP contribution in [-0.2, 0) is 9.59 Å². The Balaban J connectivity index is 3.02. The molecule has 0 saturated carbocycles. The van der Waals surface area contributed by atoms with E-state index in [1.807, 2.05) is 0 Å². The summed E-state index contributed by atoms with van der Waals surface area (Å²) in [4.78, 5) is 31.6. The Morgan fingerprint density at radius 3 is 2.38 bits per heavy atom. The average Bonchev–Trinajstić information content (AvgIpc) is 2.25. The maximum absolute atomic E-state index is 10.7. The van der Waals surface area contributed by atoms with E-state index in [2.05, 4.69) is 0 Å². The van der Waals surface area contributed by atoms with Crippen molar-refractivity contribution in [3.63, 3.8) is 0 Å². The Hall–Kier alpha value is -2.43. The Morgan fingerprint density at radius 2 is 1.81 bits per heavy atom. The van der Waals surface area contributed by atoms with E-state index in [9.17, 15) is 19.5 Å². The van der Waals surface area contributed by atoms with Crippen LogP contribution in [0.5, 0.6) is 0 Å². The summed E-state index contributed by atoms with van der Waals surface area (Å²) >= 11 is 0. The van der Waals surface area contributed by atoms with Gasteiger partial charge in [-0.15, -0.1) is 0 Å². The molecule has 0 aliphatic carbocycles. The zero-order valence-electron chi connectivity index (χ0n) is 8.04. The Morgan fingerprint density at radius 1 is 1.19 bits per heavy atom. The summed E-state index contributed by atoms with van der Waals surface area (Å²) in [6.07, 6.45) is 1.92. The van der Waals surface area contributed by atoms with Gasteiger partial charge in [-0.1, -0.05) is 30.3 Å². The fourth-order valence-corrected chi connectivity index (χ4v) is 1.06. The lowest BCUT2D eigenvalue weighted by atomic mass is 10.1. The van der Waals surface area contributed by atoms with Crippen LogP contribution in [0.15, 0.2) is 30.3 Å². The molecule has 82 valence electrons. The normalized spacial score (nSPS) is 10.2. The Labute approximate surface area is 90.6 Å². The molecule has 0 aliphatic rings. The number of aliphatic carboxylic acids is 1. The molecular weight excluding hydrogens is 212 g/mol. The van der Waals surface area contributed by atoms with E-state index in [0.29, 0.717) is 0 Å². The van der Waals surface area contributed by atoms with Gasteiger partial charge in [0.25, 0.3) is 5.78 Å². The van der Waals surface area contributed by atoms with Gasteiger partial charge in [0.2, 0.25) is 0 Å². The molecule has 0 heterocycles. The molecule has 0 aliphatic heterocycles. The van der Waals surface area contributed by atoms with Gasteiger partial charge in [0.15, 0.2) is 0 Å². The van der Waals surface area contributed by atoms with Gasteiger partial charge in [0.05, 0.1) is 5.97 Å². The zero-order chi connectivity index (χ0) is 12.1. The third-order valence-electron chi connectivity index (χ3n) is 1.81. The van der Waals surface area contributed by atoms with Crippen LogP contribution in [0.25, 0.3) is 6.08 Å². The molecule has 0 saturated heterocycles. The van der Waals surface area contributed by atoms with E-state index in [1.54, 1.807) is 6.07 Å². The standard InChI is InChI=1S/C11H8O5/c12-9(11(15)16)6-5-7-3-1-2-4-8(7)10(13)14/h1-6H,(H,13,14)(H,15,16)/p-1/b6-5+. The fraction of sp³-hybridized carbons (Fsp3) is 0. The van der Waals surface area contributed by atoms with Crippen LogP contribution in [0, 0.1) is 0 Å². The predicted octanol–water partition coefficient (Wildman–Crippen LogP) is -0.283. The zero-order valence-corrected chi connectivity index (χ0v) is 8.04. The molecule has 1 N–H and O–H groups in total. The van der Waals surface area contributed by atoms with Gasteiger partial charge in [0, 0.05) is 5.56 Å². The molecule has 0 fully saturated rings. The van der Waals surface area contributed by atoms with E-state index in [0.717, 1.165) is 12.2 Å². The molecule has 1 aromatic rings. The topological polar surface area (TPSA) is 94.5 Å². The molecule has 0 amide bonds. The van der Waals surface area contributed by atoms with E-state index in [1.165, 1.54) is 18.2 Å². The van der Waals surface area contributed by atoms with Crippen molar-refractivity contribution in [2.75, 3.05) is 0 Å². The maximum atomic E-state index is 10.7. The lowest BCUT2D eigenvalue weighted by molar-refractivity contribution is -0.255. The molecule has 0 atom stereocenters. The van der Waals surface area contributed by atoms with Crippen LogP contribution in [0.4, 0.5) is 0 Å². The second-order valence-corrected chi connectivity index (χ2v) is 2.88. The first-order valence-electron chi connectivity index (χ1n) is 4.28. The van der Waals surface area contributed by atoms with Crippen molar-refractivity contribution < 1.29 is 24.6 Å². The summed E-state index contributed by atoms with van der Waals surface area (Å²) in [6, 6.07) is 5.82. The number of ketones is 1. The molecule has 16 heavy (non-hydrogen) atoms. The highest BCUT2D eigenvalue weighted by atomic mass is 16.4. The summed E-state index contributed by atoms with van der Waals surface area (Å²) in [5, 5.41) is 19.0. The molecule has 0 spiro atoms. The average molecular weight is 219 g/mol. The second-order valence-electron chi connectivity index (χ2n) is 2.88. The molecule has 0 radical (unpaired) electrons. The number of hydrogen-bond donors (Lipinski definition) is 1. The fourth-order valence-electron chi connectivity index (χ4n) is 1.06. The van der Waals surface area contributed by atoms with Gasteiger partial charge in [-0.05, 0) is 11.6 Å². The molecule has 0 aromatic heterocycles. The van der Waals surface area contributed by atoms with Crippen LogP contribution >= 0.6 is 0 Å². The summed E-state index contributed by atoms with van der Waals surface area (Å²) < 4.78 is 0. The summed E-state index contributed by atoms with van der Waals surface area (Å²) in [7, 11) is 0. The molecule has 1 aromatic carbocycles. The van der Waals surface area contributed by atoms with Crippen LogP contribution in [-0.4, -0.2) is 22.8 Å². The van der Waals surface area contributed by atoms with Gasteiger partial charge < -0.3 is 15.0 Å². The quantitative estimate of drug-likeness (QED) is 0.555. The lowest BCUT2D eigenvalue weighted by Crippen LogP contribution is -2.23. The maximum Gasteiger partial charge on any atom is 0.376 e. The first kappa shape index (κ1) is 11.6. The van der Waals surface area contributed by atoms with Crippen molar-refractivity contribution >= 4 is 23.8 Å². The van der Waals surface area contributed by atoms with Crippen molar-refractivity contribution in [1.82, 2.24) is 0 Å². The minimum atomic E-state index is -1.60. The highest BCUT2D eigenvalue weighted by Crippen LogP contribution is 2.09. The number of rotatable bonds is 4. The van der Waals surface area contributed by atoms with E-state index < -0.39 is 17.7 Å². The number of aromatic carboxylic acids is 1. The van der Waals surface area contributed by atoms with E-state index in [-0.39, 0.29) is 11.1 Å². The number of hydrogen-bond acceptors (Lipinski definition) is 4. The Kier molecular flexibility index (Phi) is 3.55. The predicted molar refractivity (Wildman–Crippen MR) is 52.4 cm³/mol. The van der Waals surface area contributed by atoms with Gasteiger partial charge in [-0.25, -0.2) is 4.79 Å². The van der Waals surface area contributed by atoms with Crippen molar-refractivity contribution in [3.05, 3.63) is 41.5 Å².